The van der Waals surface area contributed by atoms with Crippen molar-refractivity contribution in [1.82, 2.24) is 15.5 Å². The predicted molar refractivity (Wildman–Crippen MR) is 111 cm³/mol. The first-order valence-electron chi connectivity index (χ1n) is 9.01. The fraction of sp³-hybridized carbons (Fsp3) is 0.350. The predicted octanol–water partition coefficient (Wildman–Crippen LogP) is 5.53. The zero-order valence-electron chi connectivity index (χ0n) is 15.4. The molecule has 0 bridgehead atoms. The molecule has 1 saturated carbocycles. The number of aromatic nitrogens is 2. The van der Waals surface area contributed by atoms with Gasteiger partial charge in [-0.2, -0.15) is 4.98 Å². The molecule has 0 spiro atoms. The topological polar surface area (TPSA) is 68.0 Å². The summed E-state index contributed by atoms with van der Waals surface area (Å²) in [5.74, 6) is 1.42. The number of hydrogen-bond acceptors (Lipinski definition) is 5. The summed E-state index contributed by atoms with van der Waals surface area (Å²) in [7, 11) is 0. The molecule has 2 heterocycles. The number of nitrogens with zero attached hydrogens (tertiary/aromatic N) is 2. The van der Waals surface area contributed by atoms with Crippen molar-refractivity contribution in [2.75, 3.05) is 0 Å². The number of carbonyl (C=O) groups excluding carboxylic acids is 1. The highest BCUT2D eigenvalue weighted by atomic mass is 79.9. The van der Waals surface area contributed by atoms with E-state index in [4.69, 9.17) is 4.52 Å². The fourth-order valence-electron chi connectivity index (χ4n) is 2.67. The molecule has 0 aliphatic heterocycles. The van der Waals surface area contributed by atoms with E-state index in [0.29, 0.717) is 22.5 Å². The van der Waals surface area contributed by atoms with Crippen LogP contribution in [0.2, 0.25) is 0 Å². The van der Waals surface area contributed by atoms with Crippen LogP contribution in [0.3, 0.4) is 0 Å². The Labute approximate surface area is 171 Å². The normalized spacial score (nSPS) is 15.5. The molecular weight excluding hydrogens is 426 g/mol. The van der Waals surface area contributed by atoms with E-state index in [0.717, 1.165) is 15.8 Å². The van der Waals surface area contributed by atoms with E-state index in [1.54, 1.807) is 6.07 Å². The van der Waals surface area contributed by atoms with Crippen molar-refractivity contribution in [2.24, 2.45) is 5.92 Å². The number of rotatable bonds is 8. The van der Waals surface area contributed by atoms with Crippen LogP contribution < -0.4 is 5.32 Å². The molecule has 7 heteroatoms. The van der Waals surface area contributed by atoms with Crippen molar-refractivity contribution in [3.63, 3.8) is 0 Å². The molecule has 1 fully saturated rings. The van der Waals surface area contributed by atoms with E-state index in [1.807, 2.05) is 25.1 Å². The van der Waals surface area contributed by atoms with E-state index in [-0.39, 0.29) is 12.5 Å². The van der Waals surface area contributed by atoms with Gasteiger partial charge in [-0.15, -0.1) is 11.3 Å². The molecule has 0 radical (unpaired) electrons. The van der Waals surface area contributed by atoms with Gasteiger partial charge in [0.2, 0.25) is 11.7 Å². The molecule has 2 aromatic heterocycles. The summed E-state index contributed by atoms with van der Waals surface area (Å²) in [6, 6.07) is 3.62. The number of nitrogens with one attached hydrogen (secondary N) is 1. The average Bonchev–Trinajstić information content (AvgIpc) is 3.23. The molecule has 0 unspecified atom stereocenters. The lowest BCUT2D eigenvalue weighted by Gasteiger charge is -2.01. The SMILES string of the molecule is C\C=C/C(=C\C(=C\CC)C1CC1)c1noc(CNC(=O)c2ccc(Br)s2)n1. The van der Waals surface area contributed by atoms with Crippen LogP contribution in [0.4, 0.5) is 0 Å². The first kappa shape index (κ1) is 19.8. The van der Waals surface area contributed by atoms with E-state index in [2.05, 4.69) is 50.5 Å². The van der Waals surface area contributed by atoms with E-state index < -0.39 is 0 Å². The zero-order chi connectivity index (χ0) is 19.2. The van der Waals surface area contributed by atoms with Crippen LogP contribution in [0.15, 0.2) is 50.3 Å². The third-order valence-corrected chi connectivity index (χ3v) is 5.70. The Morgan fingerprint density at radius 1 is 1.44 bits per heavy atom. The monoisotopic (exact) mass is 447 g/mol. The van der Waals surface area contributed by atoms with Crippen LogP contribution in [-0.2, 0) is 6.54 Å². The molecule has 0 saturated heterocycles. The maximum atomic E-state index is 12.1. The highest BCUT2D eigenvalue weighted by Crippen LogP contribution is 2.38. The van der Waals surface area contributed by atoms with Gasteiger partial charge in [0.1, 0.15) is 0 Å². The second kappa shape index (κ2) is 9.28. The minimum atomic E-state index is -0.156. The van der Waals surface area contributed by atoms with Crippen LogP contribution in [-0.4, -0.2) is 16.0 Å². The molecule has 1 aliphatic carbocycles. The van der Waals surface area contributed by atoms with Gasteiger partial charge >= 0.3 is 0 Å². The van der Waals surface area contributed by atoms with Gasteiger partial charge in [-0.3, -0.25) is 4.79 Å². The van der Waals surface area contributed by atoms with Crippen molar-refractivity contribution < 1.29 is 9.32 Å². The lowest BCUT2D eigenvalue weighted by atomic mass is 10.1. The van der Waals surface area contributed by atoms with Gasteiger partial charge in [0.25, 0.3) is 5.91 Å². The molecule has 27 heavy (non-hydrogen) atoms. The number of thiophene rings is 1. The maximum Gasteiger partial charge on any atom is 0.261 e. The average molecular weight is 448 g/mol. The quantitative estimate of drug-likeness (QED) is 0.540. The Morgan fingerprint density at radius 3 is 2.89 bits per heavy atom. The minimum Gasteiger partial charge on any atom is -0.342 e. The second-order valence-electron chi connectivity index (χ2n) is 6.28. The minimum absolute atomic E-state index is 0.156. The summed E-state index contributed by atoms with van der Waals surface area (Å²) in [6.07, 6.45) is 11.9. The van der Waals surface area contributed by atoms with Crippen LogP contribution in [0.1, 0.15) is 54.5 Å². The molecule has 1 N–H and O–H groups in total. The van der Waals surface area contributed by atoms with Gasteiger partial charge in [0, 0.05) is 5.57 Å². The van der Waals surface area contributed by atoms with Gasteiger partial charge in [-0.05, 0) is 71.8 Å². The van der Waals surface area contributed by atoms with Crippen LogP contribution in [0.5, 0.6) is 0 Å². The molecule has 2 aromatic rings. The smallest absolute Gasteiger partial charge is 0.261 e. The van der Waals surface area contributed by atoms with Crippen LogP contribution in [0, 0.1) is 5.92 Å². The number of amides is 1. The van der Waals surface area contributed by atoms with Crippen LogP contribution >= 0.6 is 27.3 Å². The van der Waals surface area contributed by atoms with Crippen molar-refractivity contribution in [3.8, 4) is 0 Å². The largest absolute Gasteiger partial charge is 0.342 e. The molecule has 3 rings (SSSR count). The Balaban J connectivity index is 1.70. The maximum absolute atomic E-state index is 12.1. The molecular formula is C20H22BrN3O2S. The molecule has 0 aromatic carbocycles. The van der Waals surface area contributed by atoms with Gasteiger partial charge in [0.15, 0.2) is 0 Å². The summed E-state index contributed by atoms with van der Waals surface area (Å²) in [5, 5.41) is 6.90. The third-order valence-electron chi connectivity index (χ3n) is 4.08. The highest BCUT2D eigenvalue weighted by Gasteiger charge is 2.25. The molecule has 0 atom stereocenters. The fourth-order valence-corrected chi connectivity index (χ4v) is 3.97. The standard InChI is InChI=1S/C20H22BrN3O2S/c1-3-5-14(13-7-8-13)11-15(6-4-2)19-23-18(26-24-19)12-22-20(25)16-9-10-17(21)27-16/h4-6,9-11,13H,3,7-8,12H2,1-2H3,(H,22,25)/b6-4-,14-5-,15-11+. The summed E-state index contributed by atoms with van der Waals surface area (Å²) in [5.41, 5.74) is 2.26. The summed E-state index contributed by atoms with van der Waals surface area (Å²) >= 11 is 4.74. The summed E-state index contributed by atoms with van der Waals surface area (Å²) < 4.78 is 6.24. The lowest BCUT2D eigenvalue weighted by molar-refractivity contribution is 0.0950. The molecule has 1 amide bonds. The van der Waals surface area contributed by atoms with Crippen LogP contribution in [0.25, 0.3) is 5.57 Å². The number of allylic oxidation sites excluding steroid dienone is 6. The van der Waals surface area contributed by atoms with Crippen molar-refractivity contribution in [1.29, 1.82) is 0 Å². The van der Waals surface area contributed by atoms with E-state index >= 15 is 0 Å². The second-order valence-corrected chi connectivity index (χ2v) is 8.75. The number of halogens is 1. The summed E-state index contributed by atoms with van der Waals surface area (Å²) in [4.78, 5) is 17.2. The van der Waals surface area contributed by atoms with Gasteiger partial charge in [-0.25, -0.2) is 0 Å². The zero-order valence-corrected chi connectivity index (χ0v) is 17.8. The Kier molecular flexibility index (Phi) is 6.79. The Bertz CT molecular complexity index is 891. The first-order chi connectivity index (χ1) is 13.1. The molecule has 142 valence electrons. The first-order valence-corrected chi connectivity index (χ1v) is 10.6. The molecule has 1 aliphatic rings. The van der Waals surface area contributed by atoms with Gasteiger partial charge < -0.3 is 9.84 Å². The lowest BCUT2D eigenvalue weighted by Crippen LogP contribution is -2.21. The van der Waals surface area contributed by atoms with Gasteiger partial charge in [-0.1, -0.05) is 30.3 Å². The van der Waals surface area contributed by atoms with Crippen molar-refractivity contribution >= 4 is 38.7 Å². The highest BCUT2D eigenvalue weighted by molar-refractivity contribution is 9.11. The third kappa shape index (κ3) is 5.49. The van der Waals surface area contributed by atoms with Crippen molar-refractivity contribution in [3.05, 3.63) is 62.4 Å². The number of hydrogen-bond donors (Lipinski definition) is 1. The Hall–Kier alpha value is -1.99. The van der Waals surface area contributed by atoms with E-state index in [9.17, 15) is 4.79 Å². The number of carbonyl (C=O) groups is 1. The van der Waals surface area contributed by atoms with E-state index in [1.165, 1.54) is 29.8 Å². The van der Waals surface area contributed by atoms with Gasteiger partial charge in [0.05, 0.1) is 15.2 Å². The van der Waals surface area contributed by atoms with Crippen molar-refractivity contribution in [2.45, 2.75) is 39.7 Å². The Morgan fingerprint density at radius 2 is 2.26 bits per heavy atom. The summed E-state index contributed by atoms with van der Waals surface area (Å²) in [6.45, 7) is 4.31. The molecule has 5 nitrogen and oxygen atoms in total.